The average Bonchev–Trinajstić information content (AvgIpc) is 2.89. The predicted octanol–water partition coefficient (Wildman–Crippen LogP) is 3.06. The minimum Gasteiger partial charge on any atom is -0.354 e. The molecular weight excluding hydrogens is 268 g/mol. The first kappa shape index (κ1) is 14.9. The van der Waals surface area contributed by atoms with Gasteiger partial charge in [-0.25, -0.2) is 4.98 Å². The van der Waals surface area contributed by atoms with E-state index in [1.807, 2.05) is 19.4 Å². The molecule has 2 aromatic rings. The Labute approximate surface area is 124 Å². The summed E-state index contributed by atoms with van der Waals surface area (Å²) in [5.41, 5.74) is 2.36. The second-order valence-corrected chi connectivity index (χ2v) is 6.74. The van der Waals surface area contributed by atoms with E-state index < -0.39 is 0 Å². The first-order valence-electron chi connectivity index (χ1n) is 6.72. The Morgan fingerprint density at radius 2 is 2.05 bits per heavy atom. The topological polar surface area (TPSA) is 41.1 Å². The van der Waals surface area contributed by atoms with E-state index in [9.17, 15) is 0 Å². The Bertz CT molecular complexity index is 514. The van der Waals surface area contributed by atoms with Crippen LogP contribution in [-0.2, 0) is 13.1 Å². The highest BCUT2D eigenvalue weighted by molar-refractivity contribution is 7.07. The molecule has 0 aliphatic heterocycles. The van der Waals surface area contributed by atoms with Crippen molar-refractivity contribution < 1.29 is 0 Å². The van der Waals surface area contributed by atoms with Crippen LogP contribution in [0.15, 0.2) is 29.2 Å². The minimum absolute atomic E-state index is 0.0933. The molecule has 1 N–H and O–H groups in total. The molecule has 0 amide bonds. The lowest BCUT2D eigenvalue weighted by Crippen LogP contribution is -2.35. The molecule has 0 fully saturated rings. The van der Waals surface area contributed by atoms with Gasteiger partial charge in [-0.15, -0.1) is 0 Å². The van der Waals surface area contributed by atoms with Crippen LogP contribution in [0.4, 0.5) is 5.82 Å². The Morgan fingerprint density at radius 3 is 2.60 bits per heavy atom. The molecule has 0 radical (unpaired) electrons. The maximum absolute atomic E-state index is 4.49. The van der Waals surface area contributed by atoms with Gasteiger partial charge in [0.1, 0.15) is 5.82 Å². The van der Waals surface area contributed by atoms with E-state index in [0.717, 1.165) is 24.6 Å². The van der Waals surface area contributed by atoms with Gasteiger partial charge in [0, 0.05) is 25.7 Å². The predicted molar refractivity (Wildman–Crippen MR) is 85.1 cm³/mol. The van der Waals surface area contributed by atoms with Crippen molar-refractivity contribution in [3.8, 4) is 0 Å². The molecule has 2 rings (SSSR count). The Morgan fingerprint density at radius 1 is 1.25 bits per heavy atom. The van der Waals surface area contributed by atoms with Crippen molar-refractivity contribution in [3.63, 3.8) is 0 Å². The van der Waals surface area contributed by atoms with Gasteiger partial charge in [0.05, 0.1) is 18.1 Å². The molecule has 0 aliphatic carbocycles. The highest BCUT2D eigenvalue weighted by Crippen LogP contribution is 2.14. The summed E-state index contributed by atoms with van der Waals surface area (Å²) in [6.45, 7) is 8.03. The number of thiophene rings is 1. The summed E-state index contributed by atoms with van der Waals surface area (Å²) in [5.74, 6) is 0.899. The van der Waals surface area contributed by atoms with Crippen LogP contribution in [0.2, 0.25) is 0 Å². The maximum Gasteiger partial charge on any atom is 0.147 e. The van der Waals surface area contributed by atoms with E-state index in [2.05, 4.69) is 57.8 Å². The number of aromatic nitrogens is 2. The molecule has 4 nitrogen and oxygen atoms in total. The van der Waals surface area contributed by atoms with Gasteiger partial charge in [-0.3, -0.25) is 4.98 Å². The van der Waals surface area contributed by atoms with Gasteiger partial charge in [0.2, 0.25) is 0 Å². The van der Waals surface area contributed by atoms with Crippen LogP contribution in [0, 0.1) is 0 Å². The fourth-order valence-electron chi connectivity index (χ4n) is 1.73. The molecule has 2 aromatic heterocycles. The van der Waals surface area contributed by atoms with Crippen LogP contribution in [0.25, 0.3) is 0 Å². The van der Waals surface area contributed by atoms with Crippen LogP contribution in [0.5, 0.6) is 0 Å². The summed E-state index contributed by atoms with van der Waals surface area (Å²) in [6, 6.07) is 2.14. The van der Waals surface area contributed by atoms with Gasteiger partial charge < -0.3 is 10.2 Å². The van der Waals surface area contributed by atoms with Gasteiger partial charge in [-0.05, 0) is 43.2 Å². The molecular formula is C15H22N4S. The van der Waals surface area contributed by atoms with Gasteiger partial charge in [0.25, 0.3) is 0 Å². The molecule has 5 heteroatoms. The lowest BCUT2D eigenvalue weighted by atomic mass is 10.1. The van der Waals surface area contributed by atoms with Crippen LogP contribution in [-0.4, -0.2) is 22.6 Å². The molecule has 0 saturated heterocycles. The molecule has 108 valence electrons. The summed E-state index contributed by atoms with van der Waals surface area (Å²) in [6.07, 6.45) is 3.68. The molecule has 0 spiro atoms. The molecule has 0 aliphatic rings. The van der Waals surface area contributed by atoms with Crippen molar-refractivity contribution in [2.45, 2.75) is 39.4 Å². The first-order valence-corrected chi connectivity index (χ1v) is 7.66. The van der Waals surface area contributed by atoms with E-state index in [-0.39, 0.29) is 5.54 Å². The third kappa shape index (κ3) is 4.58. The van der Waals surface area contributed by atoms with E-state index in [4.69, 9.17) is 0 Å². The third-order valence-electron chi connectivity index (χ3n) is 2.88. The summed E-state index contributed by atoms with van der Waals surface area (Å²) in [7, 11) is 2.04. The number of rotatable bonds is 5. The summed E-state index contributed by atoms with van der Waals surface area (Å²) >= 11 is 1.72. The smallest absolute Gasteiger partial charge is 0.147 e. The van der Waals surface area contributed by atoms with E-state index in [1.54, 1.807) is 11.3 Å². The van der Waals surface area contributed by atoms with Crippen molar-refractivity contribution in [3.05, 3.63) is 40.5 Å². The summed E-state index contributed by atoms with van der Waals surface area (Å²) in [4.78, 5) is 11.1. The van der Waals surface area contributed by atoms with Gasteiger partial charge in [-0.2, -0.15) is 11.3 Å². The van der Waals surface area contributed by atoms with Gasteiger partial charge >= 0.3 is 0 Å². The van der Waals surface area contributed by atoms with E-state index in [1.165, 1.54) is 5.56 Å². The summed E-state index contributed by atoms with van der Waals surface area (Å²) in [5, 5.41) is 7.66. The molecule has 2 heterocycles. The molecule has 0 atom stereocenters. The van der Waals surface area contributed by atoms with Crippen LogP contribution in [0.1, 0.15) is 32.0 Å². The summed E-state index contributed by atoms with van der Waals surface area (Å²) < 4.78 is 0. The van der Waals surface area contributed by atoms with Crippen molar-refractivity contribution in [1.29, 1.82) is 0 Å². The number of nitrogens with zero attached hydrogens (tertiary/aromatic N) is 3. The van der Waals surface area contributed by atoms with Crippen molar-refractivity contribution >= 4 is 17.2 Å². The minimum atomic E-state index is 0.0933. The largest absolute Gasteiger partial charge is 0.354 e. The lowest BCUT2D eigenvalue weighted by molar-refractivity contribution is 0.421. The fourth-order valence-corrected chi connectivity index (χ4v) is 2.39. The molecule has 0 saturated carbocycles. The van der Waals surface area contributed by atoms with Crippen molar-refractivity contribution in [1.82, 2.24) is 15.3 Å². The number of nitrogens with one attached hydrogen (secondary N) is 1. The zero-order chi connectivity index (χ0) is 14.6. The maximum atomic E-state index is 4.49. The normalized spacial score (nSPS) is 11.6. The quantitative estimate of drug-likeness (QED) is 0.919. The third-order valence-corrected chi connectivity index (χ3v) is 3.61. The first-order chi connectivity index (χ1) is 9.44. The molecule has 0 bridgehead atoms. The van der Waals surface area contributed by atoms with Crippen LogP contribution < -0.4 is 10.2 Å². The lowest BCUT2D eigenvalue weighted by Gasteiger charge is -2.20. The van der Waals surface area contributed by atoms with Gasteiger partial charge in [0.15, 0.2) is 0 Å². The molecule has 20 heavy (non-hydrogen) atoms. The van der Waals surface area contributed by atoms with Gasteiger partial charge in [-0.1, -0.05) is 0 Å². The number of anilines is 1. The second kappa shape index (κ2) is 6.33. The van der Waals surface area contributed by atoms with Crippen LogP contribution in [0.3, 0.4) is 0 Å². The Hall–Kier alpha value is -1.46. The number of hydrogen-bond donors (Lipinski definition) is 1. The fraction of sp³-hybridized carbons (Fsp3) is 0.467. The van der Waals surface area contributed by atoms with E-state index >= 15 is 0 Å². The average molecular weight is 290 g/mol. The Balaban J connectivity index is 1.93. The van der Waals surface area contributed by atoms with Crippen molar-refractivity contribution in [2.75, 3.05) is 11.9 Å². The van der Waals surface area contributed by atoms with Crippen LogP contribution >= 0.6 is 11.3 Å². The van der Waals surface area contributed by atoms with Crippen molar-refractivity contribution in [2.24, 2.45) is 0 Å². The number of hydrogen-bond acceptors (Lipinski definition) is 5. The molecule has 0 aromatic carbocycles. The SMILES string of the molecule is CN(Cc1ccsc1)c1cnc(CNC(C)(C)C)cn1. The van der Waals surface area contributed by atoms with E-state index in [0.29, 0.717) is 0 Å². The highest BCUT2D eigenvalue weighted by atomic mass is 32.1. The highest BCUT2D eigenvalue weighted by Gasteiger charge is 2.10. The Kier molecular flexibility index (Phi) is 4.73. The standard InChI is InChI=1S/C15H22N4S/c1-15(2,3)18-8-13-7-17-14(9-16-13)19(4)10-12-5-6-20-11-12/h5-7,9,11,18H,8,10H2,1-4H3. The zero-order valence-electron chi connectivity index (χ0n) is 12.6. The second-order valence-electron chi connectivity index (χ2n) is 5.96. The monoisotopic (exact) mass is 290 g/mol. The zero-order valence-corrected chi connectivity index (χ0v) is 13.4. The molecule has 0 unspecified atom stereocenters.